The number of aromatic nitrogens is 3. The van der Waals surface area contributed by atoms with Crippen molar-refractivity contribution in [2.45, 2.75) is 39.8 Å². The van der Waals surface area contributed by atoms with Gasteiger partial charge in [-0.1, -0.05) is 6.07 Å². The van der Waals surface area contributed by atoms with Gasteiger partial charge in [0.1, 0.15) is 5.60 Å². The van der Waals surface area contributed by atoms with Gasteiger partial charge in [0.2, 0.25) is 5.88 Å². The van der Waals surface area contributed by atoms with E-state index in [1.807, 2.05) is 63.0 Å². The van der Waals surface area contributed by atoms with Crippen LogP contribution in [0.15, 0.2) is 30.6 Å². The third-order valence-electron chi connectivity index (χ3n) is 4.31. The van der Waals surface area contributed by atoms with Gasteiger partial charge in [-0.2, -0.15) is 5.10 Å². The Morgan fingerprint density at radius 3 is 2.61 bits per heavy atom. The van der Waals surface area contributed by atoms with Crippen LogP contribution in [0.3, 0.4) is 0 Å². The average molecular weight is 387 g/mol. The second-order valence-corrected chi connectivity index (χ2v) is 7.75. The van der Waals surface area contributed by atoms with Gasteiger partial charge in [0.25, 0.3) is 0 Å². The zero-order valence-corrected chi connectivity index (χ0v) is 17.1. The van der Waals surface area contributed by atoms with Gasteiger partial charge >= 0.3 is 6.09 Å². The van der Waals surface area contributed by atoms with Gasteiger partial charge in [0, 0.05) is 38.4 Å². The molecule has 0 aliphatic carbocycles. The molecule has 0 saturated carbocycles. The molecule has 3 heterocycles. The monoisotopic (exact) mass is 387 g/mol. The summed E-state index contributed by atoms with van der Waals surface area (Å²) in [7, 11) is 0. The van der Waals surface area contributed by atoms with E-state index in [1.165, 1.54) is 0 Å². The lowest BCUT2D eigenvalue weighted by atomic mass is 10.2. The van der Waals surface area contributed by atoms with Crippen LogP contribution in [0, 0.1) is 0 Å². The molecular weight excluding hydrogens is 358 g/mol. The van der Waals surface area contributed by atoms with Crippen LogP contribution in [0.2, 0.25) is 0 Å². The minimum atomic E-state index is -0.469. The SMILES string of the molecule is CCOc1cccc(Cn2cc(N3CCN(C(=O)OC(C)(C)C)CC3)cn2)n1. The van der Waals surface area contributed by atoms with Gasteiger partial charge < -0.3 is 19.3 Å². The summed E-state index contributed by atoms with van der Waals surface area (Å²) in [5.74, 6) is 0.630. The van der Waals surface area contributed by atoms with E-state index in [4.69, 9.17) is 9.47 Å². The van der Waals surface area contributed by atoms with E-state index in [-0.39, 0.29) is 6.09 Å². The van der Waals surface area contributed by atoms with Gasteiger partial charge in [-0.05, 0) is 33.8 Å². The van der Waals surface area contributed by atoms with Crippen LogP contribution in [0.25, 0.3) is 0 Å². The molecule has 0 bridgehead atoms. The van der Waals surface area contributed by atoms with Crippen molar-refractivity contribution < 1.29 is 14.3 Å². The number of carbonyl (C=O) groups is 1. The lowest BCUT2D eigenvalue weighted by molar-refractivity contribution is 0.0240. The van der Waals surface area contributed by atoms with E-state index >= 15 is 0 Å². The Kier molecular flexibility index (Phi) is 6.06. The van der Waals surface area contributed by atoms with Gasteiger partial charge in [-0.3, -0.25) is 4.68 Å². The highest BCUT2D eigenvalue weighted by atomic mass is 16.6. The quantitative estimate of drug-likeness (QED) is 0.786. The topological polar surface area (TPSA) is 72.7 Å². The van der Waals surface area contributed by atoms with E-state index in [9.17, 15) is 4.79 Å². The Bertz CT molecular complexity index is 791. The number of hydrogen-bond acceptors (Lipinski definition) is 6. The molecule has 0 radical (unpaired) electrons. The maximum Gasteiger partial charge on any atom is 0.410 e. The summed E-state index contributed by atoms with van der Waals surface area (Å²) in [6, 6.07) is 5.75. The number of pyridine rings is 1. The van der Waals surface area contributed by atoms with Crippen LogP contribution in [-0.4, -0.2) is 64.1 Å². The van der Waals surface area contributed by atoms with Crippen molar-refractivity contribution in [3.63, 3.8) is 0 Å². The van der Waals surface area contributed by atoms with Gasteiger partial charge in [0.15, 0.2) is 0 Å². The first-order valence-electron chi connectivity index (χ1n) is 9.68. The number of nitrogens with zero attached hydrogens (tertiary/aromatic N) is 5. The smallest absolute Gasteiger partial charge is 0.410 e. The van der Waals surface area contributed by atoms with Crippen molar-refractivity contribution >= 4 is 11.8 Å². The second-order valence-electron chi connectivity index (χ2n) is 7.75. The molecule has 1 fully saturated rings. The number of hydrogen-bond donors (Lipinski definition) is 0. The summed E-state index contributed by atoms with van der Waals surface area (Å²) in [5, 5.41) is 4.45. The molecule has 2 aromatic heterocycles. The third-order valence-corrected chi connectivity index (χ3v) is 4.31. The summed E-state index contributed by atoms with van der Waals surface area (Å²) in [4.78, 5) is 20.7. The van der Waals surface area contributed by atoms with Crippen LogP contribution in [0.4, 0.5) is 10.5 Å². The fraction of sp³-hybridized carbons (Fsp3) is 0.550. The Hall–Kier alpha value is -2.77. The summed E-state index contributed by atoms with van der Waals surface area (Å²) >= 11 is 0. The molecule has 2 aromatic rings. The maximum atomic E-state index is 12.2. The highest BCUT2D eigenvalue weighted by Gasteiger charge is 2.26. The lowest BCUT2D eigenvalue weighted by Crippen LogP contribution is -2.50. The standard InChI is InChI=1S/C20H29N5O3/c1-5-27-18-8-6-7-16(22-18)14-25-15-17(13-21-25)23-9-11-24(12-10-23)19(26)28-20(2,3)4/h6-8,13,15H,5,9-12,14H2,1-4H3. The van der Waals surface area contributed by atoms with Crippen molar-refractivity contribution in [1.82, 2.24) is 19.7 Å². The Morgan fingerprint density at radius 1 is 1.18 bits per heavy atom. The maximum absolute atomic E-state index is 12.2. The van der Waals surface area contributed by atoms with Crippen LogP contribution in [0.1, 0.15) is 33.4 Å². The largest absolute Gasteiger partial charge is 0.478 e. The summed E-state index contributed by atoms with van der Waals surface area (Å²) in [6.07, 6.45) is 3.62. The Labute approximate surface area is 166 Å². The Morgan fingerprint density at radius 2 is 1.93 bits per heavy atom. The highest BCUT2D eigenvalue weighted by molar-refractivity contribution is 5.68. The second kappa shape index (κ2) is 8.50. The molecule has 1 amide bonds. The molecule has 3 rings (SSSR count). The van der Waals surface area contributed by atoms with Crippen LogP contribution >= 0.6 is 0 Å². The van der Waals surface area contributed by atoms with Crippen molar-refractivity contribution in [2.75, 3.05) is 37.7 Å². The molecule has 28 heavy (non-hydrogen) atoms. The number of ether oxygens (including phenoxy) is 2. The van der Waals surface area contributed by atoms with E-state index in [1.54, 1.807) is 4.90 Å². The first-order chi connectivity index (χ1) is 13.3. The zero-order valence-electron chi connectivity index (χ0n) is 17.1. The number of rotatable bonds is 5. The van der Waals surface area contributed by atoms with Gasteiger partial charge in [-0.25, -0.2) is 9.78 Å². The normalized spacial score (nSPS) is 14.9. The molecule has 1 saturated heterocycles. The average Bonchev–Trinajstić information content (AvgIpc) is 3.09. The van der Waals surface area contributed by atoms with E-state index < -0.39 is 5.60 Å². The predicted octanol–water partition coefficient (Wildman–Crippen LogP) is 2.78. The molecule has 8 heteroatoms. The van der Waals surface area contributed by atoms with E-state index in [0.29, 0.717) is 32.1 Å². The van der Waals surface area contributed by atoms with E-state index in [0.717, 1.165) is 24.5 Å². The van der Waals surface area contributed by atoms with Crippen molar-refractivity contribution in [1.29, 1.82) is 0 Å². The zero-order chi connectivity index (χ0) is 20.1. The van der Waals surface area contributed by atoms with Crippen molar-refractivity contribution in [3.8, 4) is 5.88 Å². The van der Waals surface area contributed by atoms with Gasteiger partial charge in [-0.15, -0.1) is 0 Å². The summed E-state index contributed by atoms with van der Waals surface area (Å²) in [5.41, 5.74) is 1.48. The molecule has 152 valence electrons. The van der Waals surface area contributed by atoms with Crippen LogP contribution in [-0.2, 0) is 11.3 Å². The van der Waals surface area contributed by atoms with E-state index in [2.05, 4.69) is 15.0 Å². The first kappa shape index (κ1) is 20.0. The molecule has 0 N–H and O–H groups in total. The van der Waals surface area contributed by atoms with Crippen LogP contribution < -0.4 is 9.64 Å². The molecule has 0 aromatic carbocycles. The first-order valence-corrected chi connectivity index (χ1v) is 9.68. The summed E-state index contributed by atoms with van der Waals surface area (Å²) < 4.78 is 12.8. The van der Waals surface area contributed by atoms with Gasteiger partial charge in [0.05, 0.1) is 30.7 Å². The Balaban J connectivity index is 1.55. The molecule has 0 spiro atoms. The predicted molar refractivity (Wildman–Crippen MR) is 107 cm³/mol. The number of piperazine rings is 1. The molecule has 8 nitrogen and oxygen atoms in total. The fourth-order valence-electron chi connectivity index (χ4n) is 3.02. The molecule has 0 atom stereocenters. The highest BCUT2D eigenvalue weighted by Crippen LogP contribution is 2.18. The summed E-state index contributed by atoms with van der Waals surface area (Å²) in [6.45, 7) is 11.5. The molecule has 0 unspecified atom stereocenters. The fourth-order valence-corrected chi connectivity index (χ4v) is 3.02. The number of amides is 1. The molecule has 1 aliphatic rings. The minimum absolute atomic E-state index is 0.247. The number of anilines is 1. The molecular formula is C20H29N5O3. The number of carbonyl (C=O) groups excluding carboxylic acids is 1. The van der Waals surface area contributed by atoms with Crippen molar-refractivity contribution in [3.05, 3.63) is 36.3 Å². The lowest BCUT2D eigenvalue weighted by Gasteiger charge is -2.36. The van der Waals surface area contributed by atoms with Crippen LogP contribution in [0.5, 0.6) is 5.88 Å². The minimum Gasteiger partial charge on any atom is -0.478 e. The van der Waals surface area contributed by atoms with Crippen molar-refractivity contribution in [2.24, 2.45) is 0 Å². The third kappa shape index (κ3) is 5.37. The molecule has 1 aliphatic heterocycles.